The molecule has 0 aromatic heterocycles. The number of nitrogens with two attached hydrogens (primary N) is 1. The van der Waals surface area contributed by atoms with E-state index in [0.29, 0.717) is 27.5 Å². The maximum Gasteiger partial charge on any atom is 0.255 e. The molecule has 0 radical (unpaired) electrons. The molecule has 0 bridgehead atoms. The van der Waals surface area contributed by atoms with Gasteiger partial charge < -0.3 is 11.1 Å². The molecule has 0 fully saturated rings. The molecule has 0 aliphatic rings. The second-order valence-corrected chi connectivity index (χ2v) is 4.74. The summed E-state index contributed by atoms with van der Waals surface area (Å²) in [6, 6.07) is 11.7. The van der Waals surface area contributed by atoms with Gasteiger partial charge in [-0.15, -0.1) is 0 Å². The molecule has 20 heavy (non-hydrogen) atoms. The Hall–Kier alpha value is -2.51. The standard InChI is InChI=1S/C15H12ClN3O/c1-9-6-10(2-4-13(9)16)15(20)19-14-5-3-12(18)7-11(14)8-17/h2-7H,18H2,1H3,(H,19,20). The fourth-order valence-corrected chi connectivity index (χ4v) is 1.86. The Morgan fingerprint density at radius 3 is 2.70 bits per heavy atom. The molecule has 0 aliphatic carbocycles. The smallest absolute Gasteiger partial charge is 0.255 e. The average molecular weight is 286 g/mol. The number of carbonyl (C=O) groups is 1. The van der Waals surface area contributed by atoms with Gasteiger partial charge in [0, 0.05) is 16.3 Å². The number of carbonyl (C=O) groups excluding carboxylic acids is 1. The van der Waals surface area contributed by atoms with E-state index in [0.717, 1.165) is 5.56 Å². The SMILES string of the molecule is Cc1cc(C(=O)Nc2ccc(N)cc2C#N)ccc1Cl. The van der Waals surface area contributed by atoms with Crippen molar-refractivity contribution in [3.05, 3.63) is 58.1 Å². The monoisotopic (exact) mass is 285 g/mol. The third-order valence-corrected chi connectivity index (χ3v) is 3.26. The molecule has 0 spiro atoms. The number of nitriles is 1. The lowest BCUT2D eigenvalue weighted by atomic mass is 10.1. The number of benzene rings is 2. The van der Waals surface area contributed by atoms with Gasteiger partial charge >= 0.3 is 0 Å². The summed E-state index contributed by atoms with van der Waals surface area (Å²) < 4.78 is 0. The van der Waals surface area contributed by atoms with Crippen molar-refractivity contribution in [3.63, 3.8) is 0 Å². The number of anilines is 2. The maximum absolute atomic E-state index is 12.1. The van der Waals surface area contributed by atoms with E-state index >= 15 is 0 Å². The van der Waals surface area contributed by atoms with E-state index in [9.17, 15) is 4.79 Å². The van der Waals surface area contributed by atoms with E-state index in [1.165, 1.54) is 6.07 Å². The third kappa shape index (κ3) is 2.90. The zero-order valence-corrected chi connectivity index (χ0v) is 11.5. The second kappa shape index (κ2) is 5.64. The molecule has 1 amide bonds. The van der Waals surface area contributed by atoms with E-state index in [-0.39, 0.29) is 5.91 Å². The van der Waals surface area contributed by atoms with Crippen LogP contribution in [0.4, 0.5) is 11.4 Å². The van der Waals surface area contributed by atoms with Crippen LogP contribution in [-0.2, 0) is 0 Å². The van der Waals surface area contributed by atoms with Gasteiger partial charge in [0.25, 0.3) is 5.91 Å². The van der Waals surface area contributed by atoms with Gasteiger partial charge in [0.2, 0.25) is 0 Å². The minimum Gasteiger partial charge on any atom is -0.399 e. The lowest BCUT2D eigenvalue weighted by Crippen LogP contribution is -2.13. The normalized spacial score (nSPS) is 9.85. The number of hydrogen-bond donors (Lipinski definition) is 2. The first kappa shape index (κ1) is 13.9. The van der Waals surface area contributed by atoms with Crippen molar-refractivity contribution in [3.8, 4) is 6.07 Å². The molecule has 4 nitrogen and oxygen atoms in total. The van der Waals surface area contributed by atoms with E-state index < -0.39 is 0 Å². The first-order valence-electron chi connectivity index (χ1n) is 5.88. The van der Waals surface area contributed by atoms with Gasteiger partial charge in [0.05, 0.1) is 11.3 Å². The summed E-state index contributed by atoms with van der Waals surface area (Å²) in [6.45, 7) is 1.82. The summed E-state index contributed by atoms with van der Waals surface area (Å²) in [7, 11) is 0. The van der Waals surface area contributed by atoms with Gasteiger partial charge in [-0.1, -0.05) is 11.6 Å². The molecule has 5 heteroatoms. The van der Waals surface area contributed by atoms with Crippen molar-refractivity contribution < 1.29 is 4.79 Å². The van der Waals surface area contributed by atoms with Gasteiger partial charge in [0.15, 0.2) is 0 Å². The van der Waals surface area contributed by atoms with Gasteiger partial charge in [-0.3, -0.25) is 4.79 Å². The van der Waals surface area contributed by atoms with E-state index in [4.69, 9.17) is 22.6 Å². The number of hydrogen-bond acceptors (Lipinski definition) is 3. The minimum absolute atomic E-state index is 0.300. The highest BCUT2D eigenvalue weighted by molar-refractivity contribution is 6.31. The first-order valence-corrected chi connectivity index (χ1v) is 6.26. The van der Waals surface area contributed by atoms with Crippen LogP contribution in [0, 0.1) is 18.3 Å². The van der Waals surface area contributed by atoms with E-state index in [1.807, 2.05) is 13.0 Å². The zero-order chi connectivity index (χ0) is 14.7. The van der Waals surface area contributed by atoms with Crippen LogP contribution in [0.25, 0.3) is 0 Å². The highest BCUT2D eigenvalue weighted by Gasteiger charge is 2.10. The number of halogens is 1. The molecule has 2 aromatic carbocycles. The van der Waals surface area contributed by atoms with Crippen molar-refractivity contribution in [1.82, 2.24) is 0 Å². The van der Waals surface area contributed by atoms with Crippen LogP contribution in [0.2, 0.25) is 5.02 Å². The third-order valence-electron chi connectivity index (χ3n) is 2.83. The summed E-state index contributed by atoms with van der Waals surface area (Å²) in [4.78, 5) is 12.1. The molecule has 100 valence electrons. The number of nitrogens with zero attached hydrogens (tertiary/aromatic N) is 1. The van der Waals surface area contributed by atoms with Gasteiger partial charge in [-0.25, -0.2) is 0 Å². The van der Waals surface area contributed by atoms with E-state index in [1.54, 1.807) is 30.3 Å². The highest BCUT2D eigenvalue weighted by Crippen LogP contribution is 2.20. The number of nitrogen functional groups attached to an aromatic ring is 1. The fraction of sp³-hybridized carbons (Fsp3) is 0.0667. The summed E-state index contributed by atoms with van der Waals surface area (Å²) in [5.74, 6) is -0.300. The molecule has 3 N–H and O–H groups in total. The van der Waals surface area contributed by atoms with Crippen molar-refractivity contribution in [2.24, 2.45) is 0 Å². The maximum atomic E-state index is 12.1. The number of nitrogens with one attached hydrogen (secondary N) is 1. The molecule has 0 saturated carbocycles. The Balaban J connectivity index is 2.28. The van der Waals surface area contributed by atoms with Crippen LogP contribution in [-0.4, -0.2) is 5.91 Å². The first-order chi connectivity index (χ1) is 9.51. The molecule has 0 aliphatic heterocycles. The average Bonchev–Trinajstić information content (AvgIpc) is 2.43. The minimum atomic E-state index is -0.300. The molecule has 2 rings (SSSR count). The molecule has 0 heterocycles. The number of rotatable bonds is 2. The van der Waals surface area contributed by atoms with Crippen molar-refractivity contribution in [2.75, 3.05) is 11.1 Å². The van der Waals surface area contributed by atoms with Crippen LogP contribution in [0.5, 0.6) is 0 Å². The lowest BCUT2D eigenvalue weighted by Gasteiger charge is -2.08. The van der Waals surface area contributed by atoms with Crippen molar-refractivity contribution in [1.29, 1.82) is 5.26 Å². The largest absolute Gasteiger partial charge is 0.399 e. The van der Waals surface area contributed by atoms with Gasteiger partial charge in [-0.05, 0) is 48.9 Å². The zero-order valence-electron chi connectivity index (χ0n) is 10.8. The predicted octanol–water partition coefficient (Wildman–Crippen LogP) is 3.35. The quantitative estimate of drug-likeness (QED) is 0.831. The summed E-state index contributed by atoms with van der Waals surface area (Å²) in [6.07, 6.45) is 0. The Bertz CT molecular complexity index is 720. The van der Waals surface area contributed by atoms with Crippen LogP contribution in [0.1, 0.15) is 21.5 Å². The molecular formula is C15H12ClN3O. The summed E-state index contributed by atoms with van der Waals surface area (Å²) in [5, 5.41) is 12.3. The van der Waals surface area contributed by atoms with Gasteiger partial charge in [-0.2, -0.15) is 5.26 Å². The Labute approximate surface area is 121 Å². The second-order valence-electron chi connectivity index (χ2n) is 4.33. The number of amides is 1. The van der Waals surface area contributed by atoms with Gasteiger partial charge in [0.1, 0.15) is 6.07 Å². The van der Waals surface area contributed by atoms with E-state index in [2.05, 4.69) is 5.32 Å². The van der Waals surface area contributed by atoms with Crippen LogP contribution in [0.3, 0.4) is 0 Å². The topological polar surface area (TPSA) is 78.9 Å². The predicted molar refractivity (Wildman–Crippen MR) is 79.7 cm³/mol. The fourth-order valence-electron chi connectivity index (χ4n) is 1.74. The number of aryl methyl sites for hydroxylation is 1. The van der Waals surface area contributed by atoms with Crippen LogP contribution < -0.4 is 11.1 Å². The molecule has 0 saturated heterocycles. The Morgan fingerprint density at radius 2 is 2.05 bits per heavy atom. The molecule has 0 unspecified atom stereocenters. The highest BCUT2D eigenvalue weighted by atomic mass is 35.5. The Kier molecular flexibility index (Phi) is 3.92. The molecular weight excluding hydrogens is 274 g/mol. The summed E-state index contributed by atoms with van der Waals surface area (Å²) >= 11 is 5.92. The van der Waals surface area contributed by atoms with Crippen molar-refractivity contribution in [2.45, 2.75) is 6.92 Å². The van der Waals surface area contributed by atoms with Crippen molar-refractivity contribution >= 4 is 28.9 Å². The molecule has 0 atom stereocenters. The van der Waals surface area contributed by atoms with Crippen LogP contribution in [0.15, 0.2) is 36.4 Å². The Morgan fingerprint density at radius 1 is 1.30 bits per heavy atom. The van der Waals surface area contributed by atoms with Crippen LogP contribution >= 0.6 is 11.6 Å². The molecule has 2 aromatic rings. The lowest BCUT2D eigenvalue weighted by molar-refractivity contribution is 0.102. The summed E-state index contributed by atoms with van der Waals surface area (Å²) in [5.41, 5.74) is 8.13.